The van der Waals surface area contributed by atoms with E-state index in [0.29, 0.717) is 0 Å². The predicted octanol–water partition coefficient (Wildman–Crippen LogP) is 1.67. The molecule has 0 aliphatic carbocycles. The highest BCUT2D eigenvalue weighted by Crippen LogP contribution is 2.12. The molecule has 0 aliphatic heterocycles. The molecule has 0 saturated carbocycles. The van der Waals surface area contributed by atoms with Gasteiger partial charge in [0.2, 0.25) is 0 Å². The molecule has 4 heteroatoms. The highest BCUT2D eigenvalue weighted by atomic mass is 19.1. The first-order valence-electron chi connectivity index (χ1n) is 4.18. The van der Waals surface area contributed by atoms with Gasteiger partial charge in [-0.05, 0) is 23.8 Å². The van der Waals surface area contributed by atoms with E-state index in [1.165, 1.54) is 6.07 Å². The van der Waals surface area contributed by atoms with E-state index in [-0.39, 0.29) is 24.3 Å². The summed E-state index contributed by atoms with van der Waals surface area (Å²) >= 11 is 0. The fourth-order valence-electron chi connectivity index (χ4n) is 1.11. The lowest BCUT2D eigenvalue weighted by atomic mass is 10.1. The molecule has 15 heavy (non-hydrogen) atoms. The van der Waals surface area contributed by atoms with Crippen LogP contribution in [0.15, 0.2) is 18.2 Å². The number of hydrogen-bond donors (Lipinski definition) is 1. The summed E-state index contributed by atoms with van der Waals surface area (Å²) in [6, 6.07) is 3.42. The summed E-state index contributed by atoms with van der Waals surface area (Å²) in [6.07, 6.45) is 4.96. The average Bonchev–Trinajstić information content (AvgIpc) is 2.18. The highest BCUT2D eigenvalue weighted by Gasteiger charge is 2.10. The van der Waals surface area contributed by atoms with Crippen LogP contribution in [0.2, 0.25) is 0 Å². The van der Waals surface area contributed by atoms with Gasteiger partial charge in [-0.3, -0.25) is 0 Å². The van der Waals surface area contributed by atoms with E-state index < -0.39 is 11.8 Å². The van der Waals surface area contributed by atoms with Gasteiger partial charge in [-0.2, -0.15) is 0 Å². The molecule has 0 saturated heterocycles. The molecule has 1 aromatic rings. The number of rotatable bonds is 4. The minimum absolute atomic E-state index is 0.0103. The molecular formula is C11H9FO3. The van der Waals surface area contributed by atoms with Crippen LogP contribution in [0.3, 0.4) is 0 Å². The summed E-state index contributed by atoms with van der Waals surface area (Å²) in [7, 11) is 0. The van der Waals surface area contributed by atoms with Gasteiger partial charge in [-0.15, -0.1) is 6.42 Å². The van der Waals surface area contributed by atoms with Crippen molar-refractivity contribution in [1.82, 2.24) is 0 Å². The van der Waals surface area contributed by atoms with Gasteiger partial charge in [0.25, 0.3) is 0 Å². The molecule has 1 rings (SSSR count). The van der Waals surface area contributed by atoms with Crippen molar-refractivity contribution < 1.29 is 19.0 Å². The van der Waals surface area contributed by atoms with Crippen LogP contribution in [0.4, 0.5) is 4.39 Å². The first kappa shape index (κ1) is 11.2. The molecule has 0 radical (unpaired) electrons. The van der Waals surface area contributed by atoms with E-state index in [4.69, 9.17) is 16.3 Å². The minimum atomic E-state index is -1.12. The third-order valence-electron chi connectivity index (χ3n) is 1.74. The van der Waals surface area contributed by atoms with Gasteiger partial charge in [-0.25, -0.2) is 9.18 Å². The number of ether oxygens (including phenoxy) is 1. The first-order valence-corrected chi connectivity index (χ1v) is 4.18. The monoisotopic (exact) mass is 208 g/mol. The maximum atomic E-state index is 12.8. The standard InChI is InChI=1S/C11H9FO3/c1-2-5-15-7-8-6-9(12)3-4-10(8)11(13)14/h1,3-4,6H,5,7H2,(H,13,14). The molecule has 3 nitrogen and oxygen atoms in total. The van der Waals surface area contributed by atoms with Crippen LogP contribution < -0.4 is 0 Å². The molecule has 1 aromatic carbocycles. The zero-order valence-corrected chi connectivity index (χ0v) is 7.87. The smallest absolute Gasteiger partial charge is 0.336 e. The number of halogens is 1. The second-order valence-electron chi connectivity index (χ2n) is 2.80. The number of carboxylic acids is 1. The third kappa shape index (κ3) is 3.08. The van der Waals surface area contributed by atoms with Crippen LogP contribution in [0.1, 0.15) is 15.9 Å². The van der Waals surface area contributed by atoms with E-state index in [1.54, 1.807) is 0 Å². The van der Waals surface area contributed by atoms with Crippen molar-refractivity contribution in [2.24, 2.45) is 0 Å². The van der Waals surface area contributed by atoms with Crippen LogP contribution in [-0.4, -0.2) is 17.7 Å². The molecule has 0 aliphatic rings. The Bertz CT molecular complexity index is 407. The van der Waals surface area contributed by atoms with E-state index in [2.05, 4.69) is 5.92 Å². The molecule has 0 amide bonds. The zero-order chi connectivity index (χ0) is 11.3. The van der Waals surface area contributed by atoms with Crippen molar-refractivity contribution in [3.8, 4) is 12.3 Å². The number of terminal acetylenes is 1. The van der Waals surface area contributed by atoms with Gasteiger partial charge in [0, 0.05) is 0 Å². The van der Waals surface area contributed by atoms with Gasteiger partial charge in [0.05, 0.1) is 12.2 Å². The van der Waals surface area contributed by atoms with Crippen LogP contribution in [-0.2, 0) is 11.3 Å². The second-order valence-corrected chi connectivity index (χ2v) is 2.80. The summed E-state index contributed by atoms with van der Waals surface area (Å²) in [5.74, 6) is 0.621. The predicted molar refractivity (Wildman–Crippen MR) is 51.8 cm³/mol. The van der Waals surface area contributed by atoms with Crippen molar-refractivity contribution in [3.63, 3.8) is 0 Å². The van der Waals surface area contributed by atoms with Gasteiger partial charge in [0.15, 0.2) is 0 Å². The Kier molecular flexibility index (Phi) is 3.83. The van der Waals surface area contributed by atoms with Crippen molar-refractivity contribution >= 4 is 5.97 Å². The number of benzene rings is 1. The van der Waals surface area contributed by atoms with Crippen LogP contribution in [0, 0.1) is 18.2 Å². The van der Waals surface area contributed by atoms with Gasteiger partial charge in [0.1, 0.15) is 12.4 Å². The van der Waals surface area contributed by atoms with E-state index in [9.17, 15) is 9.18 Å². The molecule has 0 bridgehead atoms. The zero-order valence-electron chi connectivity index (χ0n) is 7.87. The minimum Gasteiger partial charge on any atom is -0.478 e. The molecule has 1 N–H and O–H groups in total. The Morgan fingerprint density at radius 3 is 2.93 bits per heavy atom. The van der Waals surface area contributed by atoms with Crippen LogP contribution >= 0.6 is 0 Å². The molecular weight excluding hydrogens is 199 g/mol. The Morgan fingerprint density at radius 2 is 2.33 bits per heavy atom. The topological polar surface area (TPSA) is 46.5 Å². The van der Waals surface area contributed by atoms with Gasteiger partial charge < -0.3 is 9.84 Å². The Labute approximate surface area is 86.5 Å². The number of carboxylic acid groups (broad SMARTS) is 1. The molecule has 0 spiro atoms. The van der Waals surface area contributed by atoms with E-state index in [0.717, 1.165) is 12.1 Å². The van der Waals surface area contributed by atoms with E-state index in [1.807, 2.05) is 0 Å². The number of hydrogen-bond acceptors (Lipinski definition) is 2. The maximum absolute atomic E-state index is 12.8. The summed E-state index contributed by atoms with van der Waals surface area (Å²) in [5, 5.41) is 8.79. The lowest BCUT2D eigenvalue weighted by Crippen LogP contribution is -2.05. The summed E-state index contributed by atoms with van der Waals surface area (Å²) in [4.78, 5) is 10.7. The first-order chi connectivity index (χ1) is 7.15. The van der Waals surface area contributed by atoms with E-state index >= 15 is 0 Å². The molecule has 0 heterocycles. The summed E-state index contributed by atoms with van der Waals surface area (Å²) in [5.41, 5.74) is 0.297. The van der Waals surface area contributed by atoms with Crippen molar-refractivity contribution in [1.29, 1.82) is 0 Å². The second kappa shape index (κ2) is 5.13. The Hall–Kier alpha value is -1.86. The van der Waals surface area contributed by atoms with Gasteiger partial charge in [-0.1, -0.05) is 5.92 Å². The summed E-state index contributed by atoms with van der Waals surface area (Å²) < 4.78 is 17.8. The molecule has 0 atom stereocenters. The fourth-order valence-corrected chi connectivity index (χ4v) is 1.11. The number of carbonyl (C=O) groups is 1. The average molecular weight is 208 g/mol. The van der Waals surface area contributed by atoms with Gasteiger partial charge >= 0.3 is 5.97 Å². The van der Waals surface area contributed by atoms with Crippen LogP contribution in [0.25, 0.3) is 0 Å². The molecule has 0 aromatic heterocycles. The quantitative estimate of drug-likeness (QED) is 0.604. The Balaban J connectivity index is 2.88. The lowest BCUT2D eigenvalue weighted by Gasteiger charge is -2.05. The third-order valence-corrected chi connectivity index (χ3v) is 1.74. The largest absolute Gasteiger partial charge is 0.478 e. The fraction of sp³-hybridized carbons (Fsp3) is 0.182. The van der Waals surface area contributed by atoms with Crippen molar-refractivity contribution in [3.05, 3.63) is 35.1 Å². The normalized spacial score (nSPS) is 9.60. The lowest BCUT2D eigenvalue weighted by molar-refractivity contribution is 0.0690. The van der Waals surface area contributed by atoms with Crippen molar-refractivity contribution in [2.75, 3.05) is 6.61 Å². The molecule has 0 fully saturated rings. The molecule has 78 valence electrons. The molecule has 0 unspecified atom stereocenters. The van der Waals surface area contributed by atoms with Crippen molar-refractivity contribution in [2.45, 2.75) is 6.61 Å². The van der Waals surface area contributed by atoms with Crippen LogP contribution in [0.5, 0.6) is 0 Å². The SMILES string of the molecule is C#CCOCc1cc(F)ccc1C(=O)O. The highest BCUT2D eigenvalue weighted by molar-refractivity contribution is 5.89. The number of aromatic carboxylic acids is 1. The summed E-state index contributed by atoms with van der Waals surface area (Å²) in [6.45, 7) is 0.0547. The Morgan fingerprint density at radius 1 is 1.60 bits per heavy atom. The maximum Gasteiger partial charge on any atom is 0.336 e.